The van der Waals surface area contributed by atoms with Crippen LogP contribution in [0.3, 0.4) is 0 Å². The van der Waals surface area contributed by atoms with Crippen LogP contribution in [0.15, 0.2) is 42.5 Å². The Morgan fingerprint density at radius 1 is 1.14 bits per heavy atom. The Balaban J connectivity index is 1.59. The van der Waals surface area contributed by atoms with Gasteiger partial charge >= 0.3 is 0 Å². The van der Waals surface area contributed by atoms with E-state index in [-0.39, 0.29) is 11.8 Å². The quantitative estimate of drug-likeness (QED) is 0.577. The summed E-state index contributed by atoms with van der Waals surface area (Å²) in [6.07, 6.45) is 3.84. The Kier molecular flexibility index (Phi) is 9.45. The zero-order valence-electron chi connectivity index (χ0n) is 21.5. The number of aryl methyl sites for hydroxylation is 1. The number of nitriles is 1. The van der Waals surface area contributed by atoms with Gasteiger partial charge in [-0.3, -0.25) is 9.59 Å². The van der Waals surface area contributed by atoms with E-state index in [1.54, 1.807) is 6.07 Å². The molecule has 0 aliphatic carbocycles. The number of rotatable bonds is 9. The Bertz CT molecular complexity index is 1050. The van der Waals surface area contributed by atoms with E-state index >= 15 is 0 Å². The van der Waals surface area contributed by atoms with Gasteiger partial charge in [0.15, 0.2) is 0 Å². The molecule has 0 spiro atoms. The van der Waals surface area contributed by atoms with Crippen LogP contribution in [-0.2, 0) is 0 Å². The molecule has 35 heavy (non-hydrogen) atoms. The number of amides is 2. The fourth-order valence-corrected chi connectivity index (χ4v) is 4.65. The van der Waals surface area contributed by atoms with Gasteiger partial charge in [0.1, 0.15) is 0 Å². The van der Waals surface area contributed by atoms with Crippen LogP contribution in [0.1, 0.15) is 75.9 Å². The second kappa shape index (κ2) is 12.5. The zero-order chi connectivity index (χ0) is 25.4. The highest BCUT2D eigenvalue weighted by atomic mass is 16.2. The molecule has 1 unspecified atom stereocenters. The van der Waals surface area contributed by atoms with Gasteiger partial charge in [-0.2, -0.15) is 5.26 Å². The first-order valence-corrected chi connectivity index (χ1v) is 12.6. The van der Waals surface area contributed by atoms with Crippen LogP contribution < -0.4 is 5.32 Å². The zero-order valence-corrected chi connectivity index (χ0v) is 21.5. The molecule has 1 heterocycles. The van der Waals surface area contributed by atoms with E-state index in [0.717, 1.165) is 37.8 Å². The van der Waals surface area contributed by atoms with E-state index in [1.165, 1.54) is 5.56 Å². The minimum atomic E-state index is -0.111. The Labute approximate surface area is 209 Å². The molecule has 2 amide bonds. The van der Waals surface area contributed by atoms with Crippen LogP contribution in [0.5, 0.6) is 0 Å². The third-order valence-corrected chi connectivity index (χ3v) is 7.14. The van der Waals surface area contributed by atoms with Gasteiger partial charge < -0.3 is 15.1 Å². The summed E-state index contributed by atoms with van der Waals surface area (Å²) < 4.78 is 0. The van der Waals surface area contributed by atoms with E-state index in [0.29, 0.717) is 48.2 Å². The number of likely N-dealkylation sites (tertiary alicyclic amines) is 1. The average Bonchev–Trinajstić information content (AvgIpc) is 2.88. The summed E-state index contributed by atoms with van der Waals surface area (Å²) in [5, 5.41) is 12.1. The molecule has 0 aromatic heterocycles. The highest BCUT2D eigenvalue weighted by Gasteiger charge is 2.25. The third-order valence-electron chi connectivity index (χ3n) is 7.14. The number of carbonyl (C=O) groups is 2. The van der Waals surface area contributed by atoms with Crippen molar-refractivity contribution in [2.75, 3.05) is 40.3 Å². The fourth-order valence-electron chi connectivity index (χ4n) is 4.65. The minimum Gasteiger partial charge on any atom is -0.352 e. The normalized spacial score (nSPS) is 15.0. The smallest absolute Gasteiger partial charge is 0.253 e. The number of hydrogen-bond acceptors (Lipinski definition) is 4. The maximum Gasteiger partial charge on any atom is 0.253 e. The molecule has 1 aliphatic heterocycles. The molecule has 186 valence electrons. The molecular formula is C29H38N4O2. The first-order chi connectivity index (χ1) is 16.8. The lowest BCUT2D eigenvalue weighted by Gasteiger charge is -2.32. The molecule has 1 saturated heterocycles. The van der Waals surface area contributed by atoms with E-state index in [9.17, 15) is 9.59 Å². The summed E-state index contributed by atoms with van der Waals surface area (Å²) in [5.41, 5.74) is 3.91. The first-order valence-electron chi connectivity index (χ1n) is 12.6. The molecule has 0 saturated carbocycles. The van der Waals surface area contributed by atoms with Crippen LogP contribution in [0.2, 0.25) is 0 Å². The number of carbonyl (C=O) groups excluding carboxylic acids is 2. The number of nitrogens with zero attached hydrogens (tertiary/aromatic N) is 3. The molecule has 1 aliphatic rings. The maximum absolute atomic E-state index is 13.2. The highest BCUT2D eigenvalue weighted by Crippen LogP contribution is 2.29. The Hall–Kier alpha value is -3.17. The van der Waals surface area contributed by atoms with Crippen molar-refractivity contribution in [3.63, 3.8) is 0 Å². The van der Waals surface area contributed by atoms with Crippen molar-refractivity contribution < 1.29 is 9.59 Å². The lowest BCUT2D eigenvalue weighted by molar-refractivity contribution is 0.0713. The predicted octanol–water partition coefficient (Wildman–Crippen LogP) is 4.59. The van der Waals surface area contributed by atoms with Crippen molar-refractivity contribution in [1.29, 1.82) is 5.26 Å². The summed E-state index contributed by atoms with van der Waals surface area (Å²) in [6, 6.07) is 15.4. The number of piperidine rings is 1. The summed E-state index contributed by atoms with van der Waals surface area (Å²) in [5.74, 6) is 0.698. The molecule has 3 rings (SSSR count). The van der Waals surface area contributed by atoms with Crippen LogP contribution >= 0.6 is 0 Å². The predicted molar refractivity (Wildman–Crippen MR) is 139 cm³/mol. The van der Waals surface area contributed by atoms with Crippen LogP contribution in [0.25, 0.3) is 0 Å². The Morgan fingerprint density at radius 3 is 2.43 bits per heavy atom. The van der Waals surface area contributed by atoms with Crippen LogP contribution in [0, 0.1) is 24.2 Å². The maximum atomic E-state index is 13.2. The molecule has 0 bridgehead atoms. The molecule has 2 aromatic carbocycles. The number of hydrogen-bond donors (Lipinski definition) is 1. The van der Waals surface area contributed by atoms with Crippen LogP contribution in [0.4, 0.5) is 0 Å². The average molecular weight is 475 g/mol. The van der Waals surface area contributed by atoms with E-state index < -0.39 is 0 Å². The Morgan fingerprint density at radius 2 is 1.83 bits per heavy atom. The second-order valence-electron chi connectivity index (χ2n) is 9.91. The van der Waals surface area contributed by atoms with Gasteiger partial charge in [0.25, 0.3) is 11.8 Å². The van der Waals surface area contributed by atoms with Gasteiger partial charge in [-0.25, -0.2) is 0 Å². The van der Waals surface area contributed by atoms with Crippen molar-refractivity contribution in [3.8, 4) is 6.07 Å². The van der Waals surface area contributed by atoms with Gasteiger partial charge in [0.2, 0.25) is 0 Å². The van der Waals surface area contributed by atoms with Gasteiger partial charge in [-0.1, -0.05) is 31.5 Å². The highest BCUT2D eigenvalue weighted by molar-refractivity contribution is 6.00. The lowest BCUT2D eigenvalue weighted by atomic mass is 9.88. The summed E-state index contributed by atoms with van der Waals surface area (Å²) >= 11 is 0. The van der Waals surface area contributed by atoms with Crippen molar-refractivity contribution in [3.05, 3.63) is 70.3 Å². The fraction of sp³-hybridized carbons (Fsp3) is 0.483. The molecular weight excluding hydrogens is 436 g/mol. The van der Waals surface area contributed by atoms with Gasteiger partial charge in [-0.15, -0.1) is 0 Å². The van der Waals surface area contributed by atoms with Crippen LogP contribution in [-0.4, -0.2) is 61.9 Å². The molecule has 6 nitrogen and oxygen atoms in total. The standard InChI is InChI=1S/C29H38N4O2/c1-5-22(12-15-32(3)4)20-31-28(34)27-18-26(9-6-21(27)2)29(35)33-16-13-25(14-17-33)24-10-7-23(19-30)8-11-24/h6-11,18,22,25H,5,12-17,20H2,1-4H3,(H,31,34). The van der Waals surface area contributed by atoms with Crippen molar-refractivity contribution in [2.24, 2.45) is 5.92 Å². The second-order valence-corrected chi connectivity index (χ2v) is 9.91. The topological polar surface area (TPSA) is 76.4 Å². The molecule has 1 fully saturated rings. The molecule has 0 radical (unpaired) electrons. The van der Waals surface area contributed by atoms with Crippen molar-refractivity contribution in [1.82, 2.24) is 15.1 Å². The summed E-state index contributed by atoms with van der Waals surface area (Å²) in [6.45, 7) is 7.08. The summed E-state index contributed by atoms with van der Waals surface area (Å²) in [7, 11) is 4.12. The molecule has 1 N–H and O–H groups in total. The first kappa shape index (κ1) is 26.4. The SMILES string of the molecule is CCC(CCN(C)C)CNC(=O)c1cc(C(=O)N2CCC(c3ccc(C#N)cc3)CC2)ccc1C. The molecule has 6 heteroatoms. The monoisotopic (exact) mass is 474 g/mol. The van der Waals surface area contributed by atoms with Gasteiger partial charge in [-0.05, 0) is 94.1 Å². The molecule has 1 atom stereocenters. The van der Waals surface area contributed by atoms with Gasteiger partial charge in [0.05, 0.1) is 11.6 Å². The van der Waals surface area contributed by atoms with E-state index in [4.69, 9.17) is 5.26 Å². The number of nitrogens with one attached hydrogen (secondary N) is 1. The molecule has 2 aromatic rings. The minimum absolute atomic E-state index is 0.0188. The van der Waals surface area contributed by atoms with E-state index in [2.05, 4.69) is 37.3 Å². The largest absolute Gasteiger partial charge is 0.352 e. The third kappa shape index (κ3) is 7.16. The van der Waals surface area contributed by atoms with E-state index in [1.807, 2.05) is 48.2 Å². The van der Waals surface area contributed by atoms with Crippen molar-refractivity contribution >= 4 is 11.8 Å². The van der Waals surface area contributed by atoms with Crippen molar-refractivity contribution in [2.45, 2.75) is 45.4 Å². The summed E-state index contributed by atoms with van der Waals surface area (Å²) in [4.78, 5) is 30.2. The lowest BCUT2D eigenvalue weighted by Crippen LogP contribution is -2.38. The number of benzene rings is 2. The van der Waals surface area contributed by atoms with Gasteiger partial charge in [0, 0.05) is 30.8 Å².